The maximum atomic E-state index is 12.8. The number of fused-ring (bicyclic) bond motifs is 7. The number of carbonyl (C=O) groups excluding carboxylic acids is 1. The summed E-state index contributed by atoms with van der Waals surface area (Å²) in [7, 11) is 0.618. The van der Waals surface area contributed by atoms with Crippen LogP contribution in [0.2, 0.25) is 0 Å². The van der Waals surface area contributed by atoms with E-state index in [1.165, 1.54) is 7.11 Å². The lowest BCUT2D eigenvalue weighted by molar-refractivity contribution is -0.142. The molecule has 208 valence electrons. The number of methoxy groups -OCH3 is 1. The summed E-state index contributed by atoms with van der Waals surface area (Å²) in [6.07, 6.45) is 1.71. The second-order valence-corrected chi connectivity index (χ2v) is 10.6. The first-order valence-corrected chi connectivity index (χ1v) is 14.2. The summed E-state index contributed by atoms with van der Waals surface area (Å²) in [5.41, 5.74) is 5.34. The predicted molar refractivity (Wildman–Crippen MR) is 174 cm³/mol. The minimum atomic E-state index is -0.797. The third-order valence-electron chi connectivity index (χ3n) is 8.02. The SMILES string of the molecule is COC(=O)[C@@H](N=Cc1ccccc1B1Oc2ccc3ccccc3c2-c2c(ccc3ccccc23)O1)c1ccccc1C. The number of aryl methyl sites for hydroxylation is 1. The quantitative estimate of drug-likeness (QED) is 0.125. The summed E-state index contributed by atoms with van der Waals surface area (Å²) in [4.78, 5) is 17.6. The predicted octanol–water partition coefficient (Wildman–Crippen LogP) is 7.47. The molecule has 0 bridgehead atoms. The highest BCUT2D eigenvalue weighted by molar-refractivity contribution is 6.64. The van der Waals surface area contributed by atoms with Gasteiger partial charge in [-0.25, -0.2) is 4.79 Å². The minimum Gasteiger partial charge on any atom is -0.521 e. The van der Waals surface area contributed by atoms with E-state index in [0.29, 0.717) is 0 Å². The normalized spacial score (nSPS) is 13.1. The summed E-state index contributed by atoms with van der Waals surface area (Å²) >= 11 is 0. The van der Waals surface area contributed by atoms with Crippen LogP contribution < -0.4 is 14.8 Å². The molecule has 0 saturated carbocycles. The number of nitrogens with zero attached hydrogens (tertiary/aromatic N) is 1. The molecule has 6 aromatic rings. The van der Waals surface area contributed by atoms with Crippen LogP contribution in [0.1, 0.15) is 22.7 Å². The van der Waals surface area contributed by atoms with Crippen molar-refractivity contribution in [3.05, 3.63) is 138 Å². The van der Waals surface area contributed by atoms with Gasteiger partial charge in [-0.05, 0) is 57.3 Å². The molecule has 0 spiro atoms. The van der Waals surface area contributed by atoms with Crippen LogP contribution in [0.15, 0.2) is 126 Å². The molecule has 5 nitrogen and oxygen atoms in total. The molecule has 1 atom stereocenters. The molecular weight excluding hydrogens is 533 g/mol. The maximum absolute atomic E-state index is 12.8. The fraction of sp³-hybridized carbons (Fsp3) is 0.0811. The fourth-order valence-electron chi connectivity index (χ4n) is 5.87. The second kappa shape index (κ2) is 11.1. The molecule has 1 aliphatic rings. The van der Waals surface area contributed by atoms with E-state index in [-0.39, 0.29) is 0 Å². The lowest BCUT2D eigenvalue weighted by atomic mass is 9.75. The zero-order valence-corrected chi connectivity index (χ0v) is 23.9. The molecule has 0 fully saturated rings. The Balaban J connectivity index is 1.37. The molecule has 43 heavy (non-hydrogen) atoms. The summed E-state index contributed by atoms with van der Waals surface area (Å²) in [5, 5.41) is 4.44. The number of benzene rings is 6. The molecule has 1 heterocycles. The third-order valence-corrected chi connectivity index (χ3v) is 8.02. The van der Waals surface area contributed by atoms with E-state index in [1.807, 2.05) is 79.7 Å². The first-order valence-electron chi connectivity index (χ1n) is 14.2. The summed E-state index contributed by atoms with van der Waals surface area (Å²) in [6.45, 7) is 1.96. The molecule has 7 rings (SSSR count). The molecule has 0 aromatic heterocycles. The third kappa shape index (κ3) is 4.81. The van der Waals surface area contributed by atoms with Crippen molar-refractivity contribution in [1.82, 2.24) is 0 Å². The van der Waals surface area contributed by atoms with Gasteiger partial charge in [-0.15, -0.1) is 0 Å². The Morgan fingerprint density at radius 2 is 1.28 bits per heavy atom. The number of carbonyl (C=O) groups is 1. The van der Waals surface area contributed by atoms with E-state index in [4.69, 9.17) is 19.0 Å². The Morgan fingerprint density at radius 1 is 0.721 bits per heavy atom. The average molecular weight is 561 g/mol. The molecule has 6 heteroatoms. The van der Waals surface area contributed by atoms with Gasteiger partial charge in [0.1, 0.15) is 11.5 Å². The van der Waals surface area contributed by atoms with Gasteiger partial charge in [0, 0.05) is 22.8 Å². The number of aliphatic imine (C=N–C) groups is 1. The number of rotatable bonds is 5. The van der Waals surface area contributed by atoms with E-state index in [9.17, 15) is 4.79 Å². The van der Waals surface area contributed by atoms with Crippen molar-refractivity contribution >= 4 is 46.3 Å². The van der Waals surface area contributed by atoms with Crippen LogP contribution in [0.5, 0.6) is 11.5 Å². The lowest BCUT2D eigenvalue weighted by Gasteiger charge is -2.17. The monoisotopic (exact) mass is 561 g/mol. The number of hydrogen-bond acceptors (Lipinski definition) is 5. The van der Waals surface area contributed by atoms with Crippen molar-refractivity contribution in [2.75, 3.05) is 7.11 Å². The van der Waals surface area contributed by atoms with Crippen LogP contribution in [-0.4, -0.2) is 26.4 Å². The Hall–Kier alpha value is -5.36. The number of ether oxygens (including phenoxy) is 1. The van der Waals surface area contributed by atoms with Crippen LogP contribution in [0.3, 0.4) is 0 Å². The van der Waals surface area contributed by atoms with Crippen LogP contribution in [-0.2, 0) is 9.53 Å². The Bertz CT molecular complexity index is 1950. The van der Waals surface area contributed by atoms with Gasteiger partial charge in [-0.3, -0.25) is 4.99 Å². The van der Waals surface area contributed by atoms with Gasteiger partial charge in [0.05, 0.1) is 7.11 Å². The highest BCUT2D eigenvalue weighted by Crippen LogP contribution is 2.47. The number of hydrogen-bond donors (Lipinski definition) is 0. The molecule has 0 saturated heterocycles. The van der Waals surface area contributed by atoms with Crippen molar-refractivity contribution in [2.24, 2.45) is 4.99 Å². The molecule has 1 aliphatic heterocycles. The zero-order valence-electron chi connectivity index (χ0n) is 23.9. The van der Waals surface area contributed by atoms with Gasteiger partial charge >= 0.3 is 13.1 Å². The Kier molecular flexibility index (Phi) is 6.88. The van der Waals surface area contributed by atoms with Crippen LogP contribution in [0, 0.1) is 6.92 Å². The summed E-state index contributed by atoms with van der Waals surface area (Å²) in [6, 6.07) is 39.6. The van der Waals surface area contributed by atoms with E-state index in [2.05, 4.69) is 48.5 Å². The topological polar surface area (TPSA) is 57.1 Å². The summed E-state index contributed by atoms with van der Waals surface area (Å²) in [5.74, 6) is 1.04. The van der Waals surface area contributed by atoms with Gasteiger partial charge in [0.15, 0.2) is 6.04 Å². The Labute approximate surface area is 250 Å². The molecular formula is C37H28BNO4. The van der Waals surface area contributed by atoms with Crippen LogP contribution >= 0.6 is 0 Å². The minimum absolute atomic E-state index is 0.424. The van der Waals surface area contributed by atoms with E-state index in [0.717, 1.165) is 66.3 Å². The smallest absolute Gasteiger partial charge is 0.521 e. The van der Waals surface area contributed by atoms with Crippen molar-refractivity contribution in [3.63, 3.8) is 0 Å². The van der Waals surface area contributed by atoms with E-state index < -0.39 is 19.1 Å². The molecule has 0 unspecified atom stereocenters. The average Bonchev–Trinajstić information content (AvgIpc) is 3.23. The van der Waals surface area contributed by atoms with Crippen molar-refractivity contribution in [1.29, 1.82) is 0 Å². The van der Waals surface area contributed by atoms with E-state index in [1.54, 1.807) is 6.21 Å². The first kappa shape index (κ1) is 26.5. The molecule has 0 aliphatic carbocycles. The first-order chi connectivity index (χ1) is 21.1. The van der Waals surface area contributed by atoms with Gasteiger partial charge in [-0.2, -0.15) is 0 Å². The van der Waals surface area contributed by atoms with Gasteiger partial charge in [0.2, 0.25) is 0 Å². The zero-order chi connectivity index (χ0) is 29.3. The molecule has 0 amide bonds. The van der Waals surface area contributed by atoms with Crippen LogP contribution in [0.25, 0.3) is 32.7 Å². The standard InChI is InChI=1S/C37H28BNO4/c1-24-11-3-7-15-28(24)36(37(40)41-2)39-23-27-14-6-10-18-31(27)38-42-32-21-19-25-12-4-8-16-29(25)34(32)35-30-17-9-5-13-26(30)20-22-33(35)43-38/h3-23,36H,1-2H3/t36-/m0/s1. The van der Waals surface area contributed by atoms with Crippen molar-refractivity contribution in [3.8, 4) is 22.6 Å². The lowest BCUT2D eigenvalue weighted by Crippen LogP contribution is -2.44. The van der Waals surface area contributed by atoms with Gasteiger partial charge < -0.3 is 14.0 Å². The fourth-order valence-corrected chi connectivity index (χ4v) is 5.87. The van der Waals surface area contributed by atoms with E-state index >= 15 is 0 Å². The van der Waals surface area contributed by atoms with Gasteiger partial charge in [0.25, 0.3) is 0 Å². The van der Waals surface area contributed by atoms with Crippen molar-refractivity contribution in [2.45, 2.75) is 13.0 Å². The highest BCUT2D eigenvalue weighted by Gasteiger charge is 2.35. The maximum Gasteiger partial charge on any atom is 0.633 e. The largest absolute Gasteiger partial charge is 0.633 e. The van der Waals surface area contributed by atoms with Gasteiger partial charge in [-0.1, -0.05) is 109 Å². The molecule has 6 aromatic carbocycles. The second-order valence-electron chi connectivity index (χ2n) is 10.6. The number of esters is 1. The Morgan fingerprint density at radius 3 is 1.91 bits per heavy atom. The van der Waals surface area contributed by atoms with Crippen LogP contribution in [0.4, 0.5) is 0 Å². The molecule has 0 radical (unpaired) electrons. The van der Waals surface area contributed by atoms with Crippen molar-refractivity contribution < 1.29 is 18.8 Å². The highest BCUT2D eigenvalue weighted by atomic mass is 16.6. The molecule has 0 N–H and O–H groups in total. The summed E-state index contributed by atoms with van der Waals surface area (Å²) < 4.78 is 18.6.